The number of hydroxylamine groups is 1. The first kappa shape index (κ1) is 6.88. The van der Waals surface area contributed by atoms with E-state index in [2.05, 4.69) is 0 Å². The summed E-state index contributed by atoms with van der Waals surface area (Å²) < 4.78 is 0. The molecule has 0 aliphatic carbocycles. The van der Waals surface area contributed by atoms with E-state index in [1.54, 1.807) is 0 Å². The molecule has 0 aromatic carbocycles. The number of hydrogen-bond donors (Lipinski definition) is 3. The van der Waals surface area contributed by atoms with E-state index in [0.29, 0.717) is 0 Å². The summed E-state index contributed by atoms with van der Waals surface area (Å²) in [5.74, 6) is 0. The first-order valence-corrected chi connectivity index (χ1v) is 2.35. The second-order valence-electron chi connectivity index (χ2n) is 1.42. The first-order valence-electron chi connectivity index (χ1n) is 2.35. The SMILES string of the molecule is CCC(CO)NO. The van der Waals surface area contributed by atoms with E-state index < -0.39 is 0 Å². The van der Waals surface area contributed by atoms with Gasteiger partial charge in [0.25, 0.3) is 0 Å². The van der Waals surface area contributed by atoms with Crippen molar-refractivity contribution in [3.8, 4) is 0 Å². The molecule has 44 valence electrons. The van der Waals surface area contributed by atoms with Crippen LogP contribution in [0.4, 0.5) is 0 Å². The van der Waals surface area contributed by atoms with Crippen molar-refractivity contribution in [2.75, 3.05) is 6.61 Å². The number of hydrogen-bond acceptors (Lipinski definition) is 3. The Balaban J connectivity index is 2.99. The third-order valence-corrected chi connectivity index (χ3v) is 0.896. The highest BCUT2D eigenvalue weighted by molar-refractivity contribution is 4.53. The van der Waals surface area contributed by atoms with E-state index >= 15 is 0 Å². The van der Waals surface area contributed by atoms with Crippen molar-refractivity contribution in [3.05, 3.63) is 0 Å². The van der Waals surface area contributed by atoms with Crippen molar-refractivity contribution in [1.29, 1.82) is 0 Å². The van der Waals surface area contributed by atoms with E-state index in [-0.39, 0.29) is 12.6 Å². The third-order valence-electron chi connectivity index (χ3n) is 0.896. The summed E-state index contributed by atoms with van der Waals surface area (Å²) in [5.41, 5.74) is 1.95. The molecule has 1 atom stereocenters. The maximum Gasteiger partial charge on any atom is 0.0607 e. The van der Waals surface area contributed by atoms with Crippen LogP contribution in [0.3, 0.4) is 0 Å². The van der Waals surface area contributed by atoms with Gasteiger partial charge in [0.15, 0.2) is 0 Å². The highest BCUT2D eigenvalue weighted by Crippen LogP contribution is 1.83. The molecule has 1 unspecified atom stereocenters. The third kappa shape index (κ3) is 2.56. The quantitative estimate of drug-likeness (QED) is 0.433. The molecule has 0 amide bonds. The molecule has 3 nitrogen and oxygen atoms in total. The zero-order valence-corrected chi connectivity index (χ0v) is 4.39. The Morgan fingerprint density at radius 1 is 1.71 bits per heavy atom. The Labute approximate surface area is 42.9 Å². The van der Waals surface area contributed by atoms with Gasteiger partial charge in [0.2, 0.25) is 0 Å². The van der Waals surface area contributed by atoms with Gasteiger partial charge in [-0.05, 0) is 6.42 Å². The van der Waals surface area contributed by atoms with E-state index in [4.69, 9.17) is 10.3 Å². The maximum atomic E-state index is 8.30. The van der Waals surface area contributed by atoms with Gasteiger partial charge in [-0.15, -0.1) is 0 Å². The smallest absolute Gasteiger partial charge is 0.0607 e. The van der Waals surface area contributed by atoms with Crippen molar-refractivity contribution in [3.63, 3.8) is 0 Å². The van der Waals surface area contributed by atoms with E-state index in [1.807, 2.05) is 12.4 Å². The van der Waals surface area contributed by atoms with Crippen LogP contribution in [0, 0.1) is 0 Å². The normalized spacial score (nSPS) is 14.1. The molecular weight excluding hydrogens is 94.0 g/mol. The van der Waals surface area contributed by atoms with Crippen LogP contribution >= 0.6 is 0 Å². The zero-order chi connectivity index (χ0) is 5.70. The molecule has 0 saturated carbocycles. The minimum Gasteiger partial charge on any atom is -0.395 e. The summed E-state index contributed by atoms with van der Waals surface area (Å²) in [6.45, 7) is 1.87. The van der Waals surface area contributed by atoms with Gasteiger partial charge in [-0.1, -0.05) is 6.92 Å². The van der Waals surface area contributed by atoms with Gasteiger partial charge < -0.3 is 10.3 Å². The Morgan fingerprint density at radius 3 is 2.29 bits per heavy atom. The average molecular weight is 105 g/mol. The molecule has 0 aliphatic heterocycles. The largest absolute Gasteiger partial charge is 0.395 e. The zero-order valence-electron chi connectivity index (χ0n) is 4.39. The van der Waals surface area contributed by atoms with Crippen LogP contribution in [-0.4, -0.2) is 23.0 Å². The minimum absolute atomic E-state index is 0.00694. The molecule has 0 spiro atoms. The fraction of sp³-hybridized carbons (Fsp3) is 1.00. The molecule has 0 aromatic heterocycles. The Kier molecular flexibility index (Phi) is 3.98. The van der Waals surface area contributed by atoms with Crippen LogP contribution in [0.15, 0.2) is 0 Å². The number of aliphatic hydroxyl groups is 1. The van der Waals surface area contributed by atoms with Crippen LogP contribution in [0.2, 0.25) is 0 Å². The van der Waals surface area contributed by atoms with Gasteiger partial charge in [0.1, 0.15) is 0 Å². The van der Waals surface area contributed by atoms with Crippen LogP contribution in [0.1, 0.15) is 13.3 Å². The lowest BCUT2D eigenvalue weighted by molar-refractivity contribution is 0.0887. The predicted octanol–water partition coefficient (Wildman–Crippen LogP) is -0.264. The molecule has 0 aromatic rings. The lowest BCUT2D eigenvalue weighted by atomic mass is 10.3. The molecule has 0 bridgehead atoms. The number of rotatable bonds is 3. The van der Waals surface area contributed by atoms with Gasteiger partial charge in [0.05, 0.1) is 12.6 Å². The molecule has 0 fully saturated rings. The molecule has 0 saturated heterocycles. The van der Waals surface area contributed by atoms with E-state index in [0.717, 1.165) is 6.42 Å². The molecule has 3 heteroatoms. The summed E-state index contributed by atoms with van der Waals surface area (Å²) in [6.07, 6.45) is 0.743. The van der Waals surface area contributed by atoms with Crippen molar-refractivity contribution in [2.45, 2.75) is 19.4 Å². The van der Waals surface area contributed by atoms with E-state index in [9.17, 15) is 0 Å². The predicted molar refractivity (Wildman–Crippen MR) is 26.1 cm³/mol. The van der Waals surface area contributed by atoms with Gasteiger partial charge in [-0.2, -0.15) is 0 Å². The molecule has 7 heavy (non-hydrogen) atoms. The number of aliphatic hydroxyl groups excluding tert-OH is 1. The van der Waals surface area contributed by atoms with Crippen molar-refractivity contribution in [2.24, 2.45) is 0 Å². The molecule has 3 N–H and O–H groups in total. The number of nitrogens with one attached hydrogen (secondary N) is 1. The molecule has 0 radical (unpaired) electrons. The van der Waals surface area contributed by atoms with Crippen LogP contribution < -0.4 is 5.48 Å². The Bertz CT molecular complexity index is 31.2. The van der Waals surface area contributed by atoms with E-state index in [1.165, 1.54) is 0 Å². The molecule has 0 rings (SSSR count). The van der Waals surface area contributed by atoms with Gasteiger partial charge >= 0.3 is 0 Å². The maximum absolute atomic E-state index is 8.30. The fourth-order valence-corrected chi connectivity index (χ4v) is 0.261. The van der Waals surface area contributed by atoms with Crippen molar-refractivity contribution < 1.29 is 10.3 Å². The average Bonchev–Trinajstić information content (AvgIpc) is 1.72. The molecule has 0 heterocycles. The summed E-state index contributed by atoms with van der Waals surface area (Å²) in [7, 11) is 0. The van der Waals surface area contributed by atoms with Crippen molar-refractivity contribution in [1.82, 2.24) is 5.48 Å². The van der Waals surface area contributed by atoms with Gasteiger partial charge in [-0.3, -0.25) is 0 Å². The first-order chi connectivity index (χ1) is 3.35. The highest BCUT2D eigenvalue weighted by Gasteiger charge is 1.97. The second-order valence-corrected chi connectivity index (χ2v) is 1.42. The van der Waals surface area contributed by atoms with Crippen molar-refractivity contribution >= 4 is 0 Å². The summed E-state index contributed by atoms with van der Waals surface area (Å²) in [5, 5.41) is 16.4. The lowest BCUT2D eigenvalue weighted by Crippen LogP contribution is -2.28. The standard InChI is InChI=1S/C4H11NO2/c1-2-4(3-6)5-7/h4-7H,2-3H2,1H3. The van der Waals surface area contributed by atoms with Crippen LogP contribution in [0.5, 0.6) is 0 Å². The monoisotopic (exact) mass is 105 g/mol. The summed E-state index contributed by atoms with van der Waals surface area (Å²) in [4.78, 5) is 0. The van der Waals surface area contributed by atoms with Crippen LogP contribution in [-0.2, 0) is 0 Å². The highest BCUT2D eigenvalue weighted by atomic mass is 16.5. The molecular formula is C4H11NO2. The summed E-state index contributed by atoms with van der Waals surface area (Å²) >= 11 is 0. The van der Waals surface area contributed by atoms with Gasteiger partial charge in [0, 0.05) is 0 Å². The summed E-state index contributed by atoms with van der Waals surface area (Å²) in [6, 6.07) is -0.153. The minimum atomic E-state index is -0.153. The molecule has 0 aliphatic rings. The topological polar surface area (TPSA) is 52.5 Å². The second kappa shape index (κ2) is 4.05. The fourth-order valence-electron chi connectivity index (χ4n) is 0.261. The van der Waals surface area contributed by atoms with Gasteiger partial charge in [-0.25, -0.2) is 5.48 Å². The lowest BCUT2D eigenvalue weighted by Gasteiger charge is -2.05. The Hall–Kier alpha value is -0.120. The van der Waals surface area contributed by atoms with Crippen LogP contribution in [0.25, 0.3) is 0 Å². The Morgan fingerprint density at radius 2 is 2.29 bits per heavy atom.